The molecule has 0 spiro atoms. The predicted octanol–water partition coefficient (Wildman–Crippen LogP) is 0.708. The molecule has 11 heteroatoms. The summed E-state index contributed by atoms with van der Waals surface area (Å²) < 4.78 is 32.4. The van der Waals surface area contributed by atoms with Crippen LogP contribution in [0.3, 0.4) is 0 Å². The lowest BCUT2D eigenvalue weighted by molar-refractivity contribution is -0.137. The third-order valence-electron chi connectivity index (χ3n) is 6.00. The molecule has 0 atom stereocenters. The molecule has 2 aliphatic heterocycles. The molecule has 2 amide bonds. The lowest BCUT2D eigenvalue weighted by atomic mass is 9.96. The second-order valence-corrected chi connectivity index (χ2v) is 9.82. The molecule has 1 aromatic heterocycles. The second-order valence-electron chi connectivity index (χ2n) is 7.91. The summed E-state index contributed by atoms with van der Waals surface area (Å²) in [5, 5.41) is 7.44. The second kappa shape index (κ2) is 9.26. The van der Waals surface area contributed by atoms with Crippen LogP contribution in [-0.4, -0.2) is 83.9 Å². The van der Waals surface area contributed by atoms with Crippen molar-refractivity contribution in [1.29, 1.82) is 0 Å². The minimum absolute atomic E-state index is 0.0284. The van der Waals surface area contributed by atoms with Crippen molar-refractivity contribution in [1.82, 2.24) is 24.4 Å². The highest BCUT2D eigenvalue weighted by molar-refractivity contribution is 7.89. The van der Waals surface area contributed by atoms with Gasteiger partial charge in [-0.1, -0.05) is 12.0 Å². The molecule has 2 aromatic rings. The van der Waals surface area contributed by atoms with Crippen LogP contribution in [0.4, 0.5) is 0 Å². The van der Waals surface area contributed by atoms with Crippen molar-refractivity contribution < 1.29 is 22.6 Å². The Labute approximate surface area is 186 Å². The third-order valence-corrected chi connectivity index (χ3v) is 7.93. The Balaban J connectivity index is 1.38. The molecule has 0 bridgehead atoms. The Kier molecular flexibility index (Phi) is 6.43. The van der Waals surface area contributed by atoms with Gasteiger partial charge < -0.3 is 9.80 Å². The number of hydrogen-bond acceptors (Lipinski definition) is 7. The van der Waals surface area contributed by atoms with E-state index in [9.17, 15) is 18.0 Å². The first-order valence-electron chi connectivity index (χ1n) is 10.6. The van der Waals surface area contributed by atoms with Crippen LogP contribution in [0.25, 0.3) is 11.0 Å². The fraction of sp³-hybridized carbons (Fsp3) is 0.524. The molecule has 0 unspecified atom stereocenters. The number of hydrogen-bond donors (Lipinski definition) is 0. The molecule has 32 heavy (non-hydrogen) atoms. The summed E-state index contributed by atoms with van der Waals surface area (Å²) in [7, 11) is -3.77. The van der Waals surface area contributed by atoms with Crippen LogP contribution in [-0.2, 0) is 19.6 Å². The minimum Gasteiger partial charge on any atom is -0.341 e. The van der Waals surface area contributed by atoms with Crippen LogP contribution in [0.2, 0.25) is 0 Å². The summed E-state index contributed by atoms with van der Waals surface area (Å²) in [6.07, 6.45) is 1.60. The van der Waals surface area contributed by atoms with Gasteiger partial charge in [0, 0.05) is 45.2 Å². The topological polar surface area (TPSA) is 117 Å². The van der Waals surface area contributed by atoms with Gasteiger partial charge >= 0.3 is 0 Å². The van der Waals surface area contributed by atoms with Crippen molar-refractivity contribution >= 4 is 32.9 Å². The van der Waals surface area contributed by atoms with Crippen LogP contribution in [0, 0.1) is 17.8 Å². The molecule has 0 radical (unpaired) electrons. The van der Waals surface area contributed by atoms with Gasteiger partial charge in [0.15, 0.2) is 5.52 Å². The predicted molar refractivity (Wildman–Crippen MR) is 115 cm³/mol. The molecule has 0 saturated carbocycles. The first-order valence-corrected chi connectivity index (χ1v) is 12.1. The van der Waals surface area contributed by atoms with Crippen LogP contribution in [0.5, 0.6) is 0 Å². The van der Waals surface area contributed by atoms with Gasteiger partial charge in [-0.2, -0.15) is 4.31 Å². The monoisotopic (exact) mass is 459 g/mol. The van der Waals surface area contributed by atoms with Crippen molar-refractivity contribution in [2.24, 2.45) is 5.92 Å². The van der Waals surface area contributed by atoms with E-state index in [2.05, 4.69) is 26.8 Å². The maximum Gasteiger partial charge on any atom is 0.298 e. The highest BCUT2D eigenvalue weighted by atomic mass is 32.2. The number of fused-ring (bicyclic) bond motifs is 1. The molecule has 2 saturated heterocycles. The number of amides is 2. The van der Waals surface area contributed by atoms with Crippen LogP contribution < -0.4 is 0 Å². The van der Waals surface area contributed by atoms with E-state index in [0.717, 1.165) is 0 Å². The zero-order valence-corrected chi connectivity index (χ0v) is 18.7. The number of sulfonamides is 1. The average molecular weight is 460 g/mol. The Hall–Kier alpha value is -2.97. The van der Waals surface area contributed by atoms with Crippen LogP contribution in [0.15, 0.2) is 27.7 Å². The van der Waals surface area contributed by atoms with E-state index in [-0.39, 0.29) is 41.2 Å². The molecule has 170 valence electrons. The van der Waals surface area contributed by atoms with E-state index in [1.54, 1.807) is 28.9 Å². The van der Waals surface area contributed by atoms with Crippen molar-refractivity contribution in [2.45, 2.75) is 31.1 Å². The molecule has 0 N–H and O–H groups in total. The molecule has 0 aliphatic carbocycles. The molecule has 10 nitrogen and oxygen atoms in total. The maximum atomic E-state index is 13.1. The summed E-state index contributed by atoms with van der Waals surface area (Å²) in [6.45, 7) is 4.23. The Morgan fingerprint density at radius 1 is 1.03 bits per heavy atom. The van der Waals surface area contributed by atoms with E-state index in [0.29, 0.717) is 51.0 Å². The van der Waals surface area contributed by atoms with Gasteiger partial charge in [-0.3, -0.25) is 9.59 Å². The quantitative estimate of drug-likeness (QED) is 0.621. The van der Waals surface area contributed by atoms with Gasteiger partial charge in [0.1, 0.15) is 10.4 Å². The Morgan fingerprint density at radius 3 is 2.50 bits per heavy atom. The normalized spacial score (nSPS) is 18.8. The number of nitrogens with zero attached hydrogens (tertiary/aromatic N) is 5. The number of carbonyl (C=O) groups is 2. The van der Waals surface area contributed by atoms with Gasteiger partial charge in [0.25, 0.3) is 5.91 Å². The summed E-state index contributed by atoms with van der Waals surface area (Å²) >= 11 is 0. The highest BCUT2D eigenvalue weighted by Gasteiger charge is 2.35. The fourth-order valence-electron chi connectivity index (χ4n) is 4.26. The first kappa shape index (κ1) is 22.2. The average Bonchev–Trinajstić information content (AvgIpc) is 3.15. The minimum atomic E-state index is -3.77. The maximum absolute atomic E-state index is 13.1. The number of aromatic nitrogens is 2. The zero-order valence-electron chi connectivity index (χ0n) is 17.9. The number of rotatable bonds is 3. The smallest absolute Gasteiger partial charge is 0.298 e. The van der Waals surface area contributed by atoms with Gasteiger partial charge in [0.05, 0.1) is 0 Å². The fourth-order valence-corrected chi connectivity index (χ4v) is 5.86. The van der Waals surface area contributed by atoms with Gasteiger partial charge in [-0.05, 0) is 54.6 Å². The van der Waals surface area contributed by atoms with Crippen molar-refractivity contribution in [3.63, 3.8) is 0 Å². The summed E-state index contributed by atoms with van der Waals surface area (Å²) in [5.41, 5.74) is 0.594. The van der Waals surface area contributed by atoms with E-state index < -0.39 is 10.0 Å². The summed E-state index contributed by atoms with van der Waals surface area (Å²) in [4.78, 5) is 28.6. The zero-order chi connectivity index (χ0) is 22.7. The van der Waals surface area contributed by atoms with E-state index in [4.69, 9.17) is 0 Å². The lowest BCUT2D eigenvalue weighted by Gasteiger charge is -2.33. The molecule has 2 aliphatic rings. The molecule has 3 heterocycles. The molecule has 2 fully saturated rings. The molecule has 1 aromatic carbocycles. The largest absolute Gasteiger partial charge is 0.341 e. The van der Waals surface area contributed by atoms with E-state index >= 15 is 0 Å². The molecule has 4 rings (SSSR count). The van der Waals surface area contributed by atoms with E-state index in [1.165, 1.54) is 10.4 Å². The SMILES string of the molecule is CC#CC(=O)N1CCCN(C(=O)C2CCN(S(=O)(=O)c3cccc4nonc34)CC2)CC1. The van der Waals surface area contributed by atoms with Crippen molar-refractivity contribution in [3.05, 3.63) is 18.2 Å². The van der Waals surface area contributed by atoms with Gasteiger partial charge in [-0.15, -0.1) is 0 Å². The lowest BCUT2D eigenvalue weighted by Crippen LogP contribution is -2.45. The molecular weight excluding hydrogens is 434 g/mol. The first-order chi connectivity index (χ1) is 15.4. The third kappa shape index (κ3) is 4.33. The standard InChI is InChI=1S/C21H25N5O5S/c1-2-5-19(27)24-10-4-11-25(15-14-24)21(28)16-8-12-26(13-9-16)32(29,30)18-7-3-6-17-20(18)23-31-22-17/h3,6-7,16H,4,8-15H2,1H3. The van der Waals surface area contributed by atoms with Gasteiger partial charge in [0.2, 0.25) is 15.9 Å². The van der Waals surface area contributed by atoms with Crippen molar-refractivity contribution in [2.75, 3.05) is 39.3 Å². The Bertz CT molecular complexity index is 1170. The number of piperidine rings is 1. The molecular formula is C21H25N5O5S. The number of carbonyl (C=O) groups excluding carboxylic acids is 2. The summed E-state index contributed by atoms with van der Waals surface area (Å²) in [5.74, 6) is 4.75. The van der Waals surface area contributed by atoms with Gasteiger partial charge in [-0.25, -0.2) is 13.0 Å². The van der Waals surface area contributed by atoms with E-state index in [1.807, 2.05) is 0 Å². The van der Waals surface area contributed by atoms with Crippen molar-refractivity contribution in [3.8, 4) is 11.8 Å². The Morgan fingerprint density at radius 2 is 1.75 bits per heavy atom. The van der Waals surface area contributed by atoms with Crippen LogP contribution in [0.1, 0.15) is 26.2 Å². The highest BCUT2D eigenvalue weighted by Crippen LogP contribution is 2.28. The summed E-state index contributed by atoms with van der Waals surface area (Å²) in [6, 6.07) is 4.74. The number of benzene rings is 1. The van der Waals surface area contributed by atoms with Crippen LogP contribution >= 0.6 is 0 Å².